The van der Waals surface area contributed by atoms with Crippen LogP contribution in [0.15, 0.2) is 52.5 Å². The van der Waals surface area contributed by atoms with E-state index in [0.29, 0.717) is 21.6 Å². The van der Waals surface area contributed by atoms with Crippen LogP contribution in [0.25, 0.3) is 11.3 Å². The number of amides is 1. The molecule has 3 aromatic rings. The van der Waals surface area contributed by atoms with Crippen molar-refractivity contribution in [1.29, 1.82) is 0 Å². The zero-order valence-electron chi connectivity index (χ0n) is 15.5. The van der Waals surface area contributed by atoms with Crippen molar-refractivity contribution in [3.05, 3.63) is 58.8 Å². The van der Waals surface area contributed by atoms with E-state index in [1.165, 1.54) is 17.6 Å². The number of halogens is 1. The first-order chi connectivity index (χ1) is 14.0. The average Bonchev–Trinajstić information content (AvgIpc) is 3.17. The lowest BCUT2D eigenvalue weighted by Gasteiger charge is -2.24. The first kappa shape index (κ1) is 19.7. The number of thiazole rings is 1. The Morgan fingerprint density at radius 1 is 1.28 bits per heavy atom. The van der Waals surface area contributed by atoms with Crippen molar-refractivity contribution in [1.82, 2.24) is 4.98 Å². The highest BCUT2D eigenvalue weighted by Gasteiger charge is 2.39. The van der Waals surface area contributed by atoms with Crippen LogP contribution in [0.5, 0.6) is 0 Å². The fraction of sp³-hybridized carbons (Fsp3) is 0.286. The fourth-order valence-corrected chi connectivity index (χ4v) is 4.39. The summed E-state index contributed by atoms with van der Waals surface area (Å²) in [4.78, 5) is 31.1. The quantitative estimate of drug-likeness (QED) is 0.550. The molecule has 0 spiro atoms. The van der Waals surface area contributed by atoms with Crippen molar-refractivity contribution in [2.45, 2.75) is 31.7 Å². The third kappa shape index (κ3) is 4.52. The molecule has 2 aromatic heterocycles. The van der Waals surface area contributed by atoms with Crippen LogP contribution in [0, 0.1) is 5.92 Å². The third-order valence-corrected chi connectivity index (χ3v) is 5.96. The van der Waals surface area contributed by atoms with E-state index in [1.54, 1.807) is 23.1 Å². The second-order valence-electron chi connectivity index (χ2n) is 7.01. The van der Waals surface area contributed by atoms with Gasteiger partial charge in [-0.25, -0.2) is 4.98 Å². The minimum Gasteiger partial charge on any atom is -0.481 e. The molecule has 1 aliphatic carbocycles. The van der Waals surface area contributed by atoms with Crippen LogP contribution >= 0.6 is 22.9 Å². The Bertz CT molecular complexity index is 1010. The Hall–Kier alpha value is -2.64. The van der Waals surface area contributed by atoms with E-state index in [0.717, 1.165) is 18.4 Å². The molecular weight excluding hydrogens is 412 g/mol. The molecule has 0 aliphatic heterocycles. The minimum absolute atomic E-state index is 0.0561. The van der Waals surface area contributed by atoms with Gasteiger partial charge in [0.1, 0.15) is 5.76 Å². The lowest BCUT2D eigenvalue weighted by molar-refractivity contribution is -0.140. The summed E-state index contributed by atoms with van der Waals surface area (Å²) in [6.07, 6.45) is 3.27. The van der Waals surface area contributed by atoms with Gasteiger partial charge in [0.05, 0.1) is 24.3 Å². The highest BCUT2D eigenvalue weighted by molar-refractivity contribution is 7.14. The summed E-state index contributed by atoms with van der Waals surface area (Å²) in [6.45, 7) is 0. The van der Waals surface area contributed by atoms with Crippen molar-refractivity contribution in [3.8, 4) is 11.3 Å². The minimum atomic E-state index is -1.01. The molecule has 1 amide bonds. The number of benzene rings is 1. The van der Waals surface area contributed by atoms with Crippen LogP contribution in [0.3, 0.4) is 0 Å². The van der Waals surface area contributed by atoms with Gasteiger partial charge < -0.3 is 9.52 Å². The molecule has 1 aromatic carbocycles. The number of nitrogens with zero attached hydrogens (tertiary/aromatic N) is 2. The van der Waals surface area contributed by atoms with Crippen LogP contribution < -0.4 is 4.90 Å². The standard InChI is InChI=1S/C21H19ClN2O4S/c22-17-6-2-1-5-16(17)18-12-29-21(23-18)24(14-7-8-14)20(27)13(11-19(25)26)10-15-4-3-9-28-15/h1-6,9,12-14H,7-8,10-11H2,(H,25,26)/t13-/m1/s1. The van der Waals surface area contributed by atoms with E-state index >= 15 is 0 Å². The number of aliphatic carboxylic acids is 1. The highest BCUT2D eigenvalue weighted by Crippen LogP contribution is 2.38. The topological polar surface area (TPSA) is 83.6 Å². The van der Waals surface area contributed by atoms with Crippen molar-refractivity contribution in [2.75, 3.05) is 4.90 Å². The molecule has 1 saturated carbocycles. The molecule has 1 aliphatic rings. The van der Waals surface area contributed by atoms with E-state index in [4.69, 9.17) is 16.0 Å². The number of carboxylic acids is 1. The number of furan rings is 1. The molecule has 1 N–H and O–H groups in total. The van der Waals surface area contributed by atoms with Gasteiger partial charge in [-0.1, -0.05) is 29.8 Å². The molecule has 1 atom stereocenters. The zero-order valence-corrected chi connectivity index (χ0v) is 17.0. The Labute approximate surface area is 176 Å². The van der Waals surface area contributed by atoms with Gasteiger partial charge in [0.15, 0.2) is 5.13 Å². The predicted molar refractivity (Wildman–Crippen MR) is 111 cm³/mol. The number of hydrogen-bond donors (Lipinski definition) is 1. The smallest absolute Gasteiger partial charge is 0.304 e. The largest absolute Gasteiger partial charge is 0.481 e. The first-order valence-electron chi connectivity index (χ1n) is 9.30. The van der Waals surface area contributed by atoms with E-state index in [1.807, 2.05) is 23.6 Å². The number of hydrogen-bond acceptors (Lipinski definition) is 5. The molecule has 1 fully saturated rings. The molecule has 0 radical (unpaired) electrons. The van der Waals surface area contributed by atoms with Crippen molar-refractivity contribution >= 4 is 39.9 Å². The van der Waals surface area contributed by atoms with Crippen molar-refractivity contribution in [3.63, 3.8) is 0 Å². The van der Waals surface area contributed by atoms with Crippen LogP contribution in [0.2, 0.25) is 5.02 Å². The zero-order chi connectivity index (χ0) is 20.4. The SMILES string of the molecule is O=C(O)C[C@@H](Cc1ccco1)C(=O)N(c1nc(-c2ccccc2Cl)cs1)C1CC1. The monoisotopic (exact) mass is 430 g/mol. The summed E-state index contributed by atoms with van der Waals surface area (Å²) in [6, 6.07) is 11.0. The van der Waals surface area contributed by atoms with Gasteiger partial charge in [-0.05, 0) is 31.0 Å². The predicted octanol–water partition coefficient (Wildman–Crippen LogP) is 4.89. The summed E-state index contributed by atoms with van der Waals surface area (Å²) < 4.78 is 5.34. The Kier molecular flexibility index (Phi) is 5.69. The van der Waals surface area contributed by atoms with Crippen LogP contribution in [0.1, 0.15) is 25.0 Å². The Morgan fingerprint density at radius 2 is 2.07 bits per heavy atom. The summed E-state index contributed by atoms with van der Waals surface area (Å²) in [5.74, 6) is -1.36. The molecule has 4 rings (SSSR count). The maximum Gasteiger partial charge on any atom is 0.304 e. The highest BCUT2D eigenvalue weighted by atomic mass is 35.5. The van der Waals surface area contributed by atoms with Crippen LogP contribution in [0.4, 0.5) is 5.13 Å². The van der Waals surface area contributed by atoms with Gasteiger partial charge in [0.2, 0.25) is 5.91 Å². The molecule has 150 valence electrons. The maximum atomic E-state index is 13.4. The van der Waals surface area contributed by atoms with Gasteiger partial charge in [0, 0.05) is 28.4 Å². The van der Waals surface area contributed by atoms with Gasteiger partial charge in [-0.2, -0.15) is 0 Å². The number of carboxylic acid groups (broad SMARTS) is 1. The van der Waals surface area contributed by atoms with E-state index in [-0.39, 0.29) is 24.8 Å². The van der Waals surface area contributed by atoms with Gasteiger partial charge in [0.25, 0.3) is 0 Å². The molecule has 0 bridgehead atoms. The Morgan fingerprint density at radius 3 is 2.72 bits per heavy atom. The number of carbonyl (C=O) groups excluding carboxylic acids is 1. The molecule has 6 nitrogen and oxygen atoms in total. The summed E-state index contributed by atoms with van der Waals surface area (Å²) in [5.41, 5.74) is 1.51. The number of carbonyl (C=O) groups is 2. The third-order valence-electron chi connectivity index (χ3n) is 4.80. The lowest BCUT2D eigenvalue weighted by atomic mass is 9.98. The number of rotatable bonds is 8. The molecule has 0 unspecified atom stereocenters. The van der Waals surface area contributed by atoms with Crippen molar-refractivity contribution < 1.29 is 19.1 Å². The normalized spacial score (nSPS) is 14.5. The van der Waals surface area contributed by atoms with Crippen LogP contribution in [-0.2, 0) is 16.0 Å². The molecule has 2 heterocycles. The molecule has 29 heavy (non-hydrogen) atoms. The fourth-order valence-electron chi connectivity index (χ4n) is 3.26. The lowest BCUT2D eigenvalue weighted by Crippen LogP contribution is -2.39. The van der Waals surface area contributed by atoms with Crippen LogP contribution in [-0.4, -0.2) is 28.0 Å². The van der Waals surface area contributed by atoms with Gasteiger partial charge in [-0.15, -0.1) is 11.3 Å². The van der Waals surface area contributed by atoms with Crippen molar-refractivity contribution in [2.24, 2.45) is 5.92 Å². The molecule has 0 saturated heterocycles. The summed E-state index contributed by atoms with van der Waals surface area (Å²) >= 11 is 7.65. The first-order valence-corrected chi connectivity index (χ1v) is 10.6. The maximum absolute atomic E-state index is 13.4. The van der Waals surface area contributed by atoms with Gasteiger partial charge >= 0.3 is 5.97 Å². The Balaban J connectivity index is 1.62. The molecule has 8 heteroatoms. The average molecular weight is 431 g/mol. The second kappa shape index (κ2) is 8.39. The second-order valence-corrected chi connectivity index (χ2v) is 8.26. The van der Waals surface area contributed by atoms with E-state index in [2.05, 4.69) is 4.98 Å². The molecular formula is C21H19ClN2O4S. The number of anilines is 1. The van der Waals surface area contributed by atoms with E-state index < -0.39 is 11.9 Å². The van der Waals surface area contributed by atoms with Gasteiger partial charge in [-0.3, -0.25) is 14.5 Å². The summed E-state index contributed by atoms with van der Waals surface area (Å²) in [5, 5.41) is 12.4. The summed E-state index contributed by atoms with van der Waals surface area (Å²) in [7, 11) is 0. The number of aromatic nitrogens is 1. The van der Waals surface area contributed by atoms with E-state index in [9.17, 15) is 14.7 Å².